The monoisotopic (exact) mass is 644 g/mol. The molecule has 0 spiro atoms. The van der Waals surface area contributed by atoms with Crippen molar-refractivity contribution < 1.29 is 47.3 Å². The molecule has 12 nitrogen and oxygen atoms in total. The first-order valence-electron chi connectivity index (χ1n) is 13.9. The van der Waals surface area contributed by atoms with Gasteiger partial charge >= 0.3 is 11.9 Å². The number of carboxylic acids is 2. The quantitative estimate of drug-likeness (QED) is 0.171. The third-order valence-corrected chi connectivity index (χ3v) is 7.81. The van der Waals surface area contributed by atoms with Crippen LogP contribution in [-0.2, 0) is 29.0 Å². The predicted molar refractivity (Wildman–Crippen MR) is 166 cm³/mol. The number of ketones is 2. The number of nitrogens with two attached hydrogens (primary N) is 2. The van der Waals surface area contributed by atoms with Crippen LogP contribution in [0.1, 0.15) is 54.4 Å². The van der Waals surface area contributed by atoms with Gasteiger partial charge in [0, 0.05) is 0 Å². The molecule has 2 aromatic carbocycles. The number of ether oxygens (including phenoxy) is 2. The summed E-state index contributed by atoms with van der Waals surface area (Å²) in [4.78, 5) is 50.5. The molecule has 0 unspecified atom stereocenters. The van der Waals surface area contributed by atoms with E-state index in [9.17, 15) is 37.8 Å². The van der Waals surface area contributed by atoms with Crippen LogP contribution in [0.15, 0.2) is 82.0 Å². The predicted octanol–water partition coefficient (Wildman–Crippen LogP) is 3.82. The SMILES string of the molecule is CC(C)(C)C(C(=O)[C@@H](N)CC(=O)O)=C(Oc1ccccc1)S(=O)(=O)C(Oc1ccccc1)=C(C(=O)[C@@H](N)CC(=O)O)C(C)(C)C. The molecule has 0 saturated carbocycles. The van der Waals surface area contributed by atoms with E-state index in [0.717, 1.165) is 0 Å². The zero-order valence-corrected chi connectivity index (χ0v) is 26.9. The topological polar surface area (TPSA) is 213 Å². The van der Waals surface area contributed by atoms with Gasteiger partial charge in [-0.3, -0.25) is 19.2 Å². The van der Waals surface area contributed by atoms with Crippen molar-refractivity contribution in [3.63, 3.8) is 0 Å². The molecule has 0 fully saturated rings. The lowest BCUT2D eigenvalue weighted by Crippen LogP contribution is -2.41. The fourth-order valence-corrected chi connectivity index (χ4v) is 6.17. The first-order chi connectivity index (χ1) is 20.7. The molecule has 2 aromatic rings. The summed E-state index contributed by atoms with van der Waals surface area (Å²) in [7, 11) is -5.17. The number of benzene rings is 2. The number of hydrogen-bond donors (Lipinski definition) is 4. The fraction of sp³-hybridized carbons (Fsp3) is 0.375. The Bertz CT molecular complexity index is 1470. The summed E-state index contributed by atoms with van der Waals surface area (Å²) in [5.74, 6) is -4.85. The second-order valence-corrected chi connectivity index (χ2v) is 14.0. The number of Topliss-reactive ketones (excluding diaryl/α,β-unsaturated/α-hetero) is 2. The Hall–Kier alpha value is -4.33. The Morgan fingerprint density at radius 1 is 0.644 bits per heavy atom. The molecule has 0 aliphatic carbocycles. The van der Waals surface area contributed by atoms with E-state index >= 15 is 0 Å². The minimum absolute atomic E-state index is 0.0114. The normalized spacial score (nSPS) is 14.8. The zero-order valence-electron chi connectivity index (χ0n) is 26.1. The Morgan fingerprint density at radius 2 is 0.933 bits per heavy atom. The van der Waals surface area contributed by atoms with E-state index in [0.29, 0.717) is 0 Å². The summed E-state index contributed by atoms with van der Waals surface area (Å²) in [6.45, 7) is 9.07. The summed E-state index contributed by atoms with van der Waals surface area (Å²) < 4.78 is 41.8. The van der Waals surface area contributed by atoms with Crippen LogP contribution in [0.4, 0.5) is 0 Å². The third-order valence-electron chi connectivity index (χ3n) is 6.26. The van der Waals surface area contributed by atoms with Crippen LogP contribution < -0.4 is 20.9 Å². The molecule has 0 radical (unpaired) electrons. The van der Waals surface area contributed by atoms with E-state index in [1.807, 2.05) is 0 Å². The maximum atomic E-state index is 14.9. The van der Waals surface area contributed by atoms with E-state index in [4.69, 9.17) is 20.9 Å². The molecular formula is C32H40N2O10S. The Kier molecular flexibility index (Phi) is 12.0. The van der Waals surface area contributed by atoms with Crippen LogP contribution in [-0.4, -0.2) is 54.2 Å². The molecule has 0 bridgehead atoms. The van der Waals surface area contributed by atoms with Crippen LogP contribution in [0, 0.1) is 10.8 Å². The van der Waals surface area contributed by atoms with E-state index in [1.54, 1.807) is 36.4 Å². The van der Waals surface area contributed by atoms with Crippen molar-refractivity contribution in [3.8, 4) is 11.5 Å². The van der Waals surface area contributed by atoms with E-state index < -0.39 is 90.4 Å². The van der Waals surface area contributed by atoms with Gasteiger partial charge in [0.2, 0.25) is 10.2 Å². The maximum absolute atomic E-state index is 14.9. The summed E-state index contributed by atoms with van der Waals surface area (Å²) in [6.07, 6.45) is -1.62. The minimum Gasteiger partial charge on any atom is -0.481 e. The van der Waals surface area contributed by atoms with Crippen molar-refractivity contribution in [2.45, 2.75) is 66.5 Å². The lowest BCUT2D eigenvalue weighted by Gasteiger charge is -2.30. The molecule has 0 saturated heterocycles. The molecule has 0 aliphatic heterocycles. The van der Waals surface area contributed by atoms with E-state index in [-0.39, 0.29) is 11.5 Å². The highest BCUT2D eigenvalue weighted by molar-refractivity contribution is 7.98. The number of hydrogen-bond acceptors (Lipinski definition) is 10. The molecule has 0 aliphatic rings. The number of sulfone groups is 1. The average molecular weight is 645 g/mol. The molecule has 13 heteroatoms. The van der Waals surface area contributed by atoms with Gasteiger partial charge in [0.1, 0.15) is 11.5 Å². The molecular weight excluding hydrogens is 604 g/mol. The minimum atomic E-state index is -5.17. The second-order valence-electron chi connectivity index (χ2n) is 12.3. The van der Waals surface area contributed by atoms with Gasteiger partial charge in [0.25, 0.3) is 9.84 Å². The second kappa shape index (κ2) is 14.6. The van der Waals surface area contributed by atoms with Gasteiger partial charge in [-0.05, 0) is 35.1 Å². The van der Waals surface area contributed by atoms with Crippen molar-refractivity contribution in [2.75, 3.05) is 0 Å². The molecule has 0 amide bonds. The molecule has 45 heavy (non-hydrogen) atoms. The number of carbonyl (C=O) groups excluding carboxylic acids is 2. The van der Waals surface area contributed by atoms with E-state index in [1.165, 1.54) is 65.8 Å². The molecule has 2 atom stereocenters. The summed E-state index contributed by atoms with van der Waals surface area (Å²) >= 11 is 0. The highest BCUT2D eigenvalue weighted by Gasteiger charge is 2.45. The summed E-state index contributed by atoms with van der Waals surface area (Å²) in [6, 6.07) is 11.9. The Balaban J connectivity index is 3.17. The molecule has 0 aromatic heterocycles. The van der Waals surface area contributed by atoms with Crippen molar-refractivity contribution in [2.24, 2.45) is 22.3 Å². The number of carbonyl (C=O) groups is 4. The lowest BCUT2D eigenvalue weighted by atomic mass is 9.82. The van der Waals surface area contributed by atoms with Gasteiger partial charge < -0.3 is 31.2 Å². The Labute approximate surface area is 262 Å². The first-order valence-corrected chi connectivity index (χ1v) is 15.4. The van der Waals surface area contributed by atoms with Gasteiger partial charge in [-0.15, -0.1) is 0 Å². The number of para-hydroxylation sites is 2. The lowest BCUT2D eigenvalue weighted by molar-refractivity contribution is -0.139. The summed E-state index contributed by atoms with van der Waals surface area (Å²) in [5, 5.41) is 16.8. The molecule has 0 heterocycles. The van der Waals surface area contributed by atoms with Crippen molar-refractivity contribution in [3.05, 3.63) is 82.0 Å². The smallest absolute Gasteiger partial charge is 0.305 e. The largest absolute Gasteiger partial charge is 0.481 e. The number of rotatable bonds is 14. The van der Waals surface area contributed by atoms with Crippen molar-refractivity contribution in [1.82, 2.24) is 0 Å². The molecule has 2 rings (SSSR count). The fourth-order valence-electron chi connectivity index (χ4n) is 4.24. The van der Waals surface area contributed by atoms with Gasteiger partial charge in [-0.2, -0.15) is 0 Å². The van der Waals surface area contributed by atoms with Crippen LogP contribution in [0.5, 0.6) is 11.5 Å². The van der Waals surface area contributed by atoms with Gasteiger partial charge in [0.15, 0.2) is 11.6 Å². The van der Waals surface area contributed by atoms with Crippen LogP contribution in [0.3, 0.4) is 0 Å². The average Bonchev–Trinajstić information content (AvgIpc) is 2.91. The third kappa shape index (κ3) is 9.83. The summed E-state index contributed by atoms with van der Waals surface area (Å²) in [5.41, 5.74) is 8.35. The van der Waals surface area contributed by atoms with Crippen LogP contribution in [0.25, 0.3) is 0 Å². The van der Waals surface area contributed by atoms with Crippen LogP contribution in [0.2, 0.25) is 0 Å². The highest BCUT2D eigenvalue weighted by Crippen LogP contribution is 2.40. The van der Waals surface area contributed by atoms with Crippen molar-refractivity contribution in [1.29, 1.82) is 0 Å². The van der Waals surface area contributed by atoms with Crippen LogP contribution >= 0.6 is 0 Å². The standard InChI is InChI=1S/C32H40N2O10S/c1-31(2,3)25(27(39)21(33)17-23(35)36)29(43-19-13-9-7-10-14-19)45(41,42)30(44-20-15-11-8-12-16-20)26(32(4,5)6)28(40)22(34)18-24(37)38/h7-16,21-22H,17-18,33-34H2,1-6H3,(H,35,36)(H,37,38)/t21-,22-/m0/s1. The molecule has 6 N–H and O–H groups in total. The zero-order chi connectivity index (χ0) is 34.3. The maximum Gasteiger partial charge on any atom is 0.305 e. The molecule has 244 valence electrons. The first kappa shape index (κ1) is 36.9. The van der Waals surface area contributed by atoms with Gasteiger partial charge in [-0.25, -0.2) is 8.42 Å². The Morgan fingerprint density at radius 3 is 1.18 bits per heavy atom. The number of aliphatic carboxylic acids is 2. The highest BCUT2D eigenvalue weighted by atomic mass is 32.2. The number of carboxylic acid groups (broad SMARTS) is 2. The van der Waals surface area contributed by atoms with Gasteiger partial charge in [-0.1, -0.05) is 77.9 Å². The van der Waals surface area contributed by atoms with Gasteiger partial charge in [0.05, 0.1) is 36.1 Å². The van der Waals surface area contributed by atoms with E-state index in [2.05, 4.69) is 0 Å². The van der Waals surface area contributed by atoms with Crippen molar-refractivity contribution >= 4 is 33.3 Å².